The summed E-state index contributed by atoms with van der Waals surface area (Å²) in [5.41, 5.74) is -0.0560. The second-order valence-corrected chi connectivity index (χ2v) is 6.23. The Labute approximate surface area is 132 Å². The van der Waals surface area contributed by atoms with Gasteiger partial charge in [0, 0.05) is 25.0 Å². The van der Waals surface area contributed by atoms with Crippen LogP contribution in [0.1, 0.15) is 29.8 Å². The van der Waals surface area contributed by atoms with Crippen molar-refractivity contribution in [1.82, 2.24) is 9.88 Å². The summed E-state index contributed by atoms with van der Waals surface area (Å²) in [6.45, 7) is 1.14. The zero-order valence-electron chi connectivity index (χ0n) is 12.6. The number of carbonyl (C=O) groups is 2. The van der Waals surface area contributed by atoms with Crippen molar-refractivity contribution in [2.75, 3.05) is 19.7 Å². The molecule has 0 aliphatic carbocycles. The molecule has 1 amide bonds. The first kappa shape index (κ1) is 14.4. The predicted molar refractivity (Wildman–Crippen MR) is 81.7 cm³/mol. The molecule has 1 atom stereocenters. The molecular formula is C17H17FN2O3. The first-order valence-corrected chi connectivity index (χ1v) is 7.83. The molecule has 5 nitrogen and oxygen atoms in total. The van der Waals surface area contributed by atoms with E-state index in [4.69, 9.17) is 4.74 Å². The summed E-state index contributed by atoms with van der Waals surface area (Å²) in [4.78, 5) is 29.4. The molecule has 1 aromatic heterocycles. The number of carbonyl (C=O) groups excluding carboxylic acids is 2. The molecule has 2 fully saturated rings. The number of hydrogen-bond acceptors (Lipinski definition) is 3. The van der Waals surface area contributed by atoms with Gasteiger partial charge in [-0.15, -0.1) is 0 Å². The van der Waals surface area contributed by atoms with Crippen LogP contribution >= 0.6 is 0 Å². The molecule has 3 heterocycles. The number of piperidine rings is 1. The molecule has 120 valence electrons. The van der Waals surface area contributed by atoms with Crippen molar-refractivity contribution in [3.63, 3.8) is 0 Å². The molecule has 1 aromatic carbocycles. The highest BCUT2D eigenvalue weighted by molar-refractivity contribution is 6.01. The van der Waals surface area contributed by atoms with Gasteiger partial charge in [0.2, 0.25) is 0 Å². The maximum atomic E-state index is 13.7. The molecule has 1 N–H and O–H groups in total. The fraction of sp³-hybridized carbons (Fsp3) is 0.412. The van der Waals surface area contributed by atoms with Gasteiger partial charge in [0.1, 0.15) is 17.1 Å². The molecule has 1 unspecified atom stereocenters. The topological polar surface area (TPSA) is 62.4 Å². The Morgan fingerprint density at radius 3 is 2.91 bits per heavy atom. The van der Waals surface area contributed by atoms with E-state index >= 15 is 0 Å². The lowest BCUT2D eigenvalue weighted by Gasteiger charge is -2.36. The quantitative estimate of drug-likeness (QED) is 0.878. The van der Waals surface area contributed by atoms with Crippen LogP contribution in [0, 0.1) is 5.82 Å². The van der Waals surface area contributed by atoms with Crippen LogP contribution in [0.5, 0.6) is 0 Å². The number of H-pyrrole nitrogens is 1. The van der Waals surface area contributed by atoms with Gasteiger partial charge in [-0.25, -0.2) is 4.39 Å². The first-order valence-electron chi connectivity index (χ1n) is 7.83. The van der Waals surface area contributed by atoms with Crippen molar-refractivity contribution in [2.45, 2.75) is 24.9 Å². The first-order chi connectivity index (χ1) is 11.1. The number of para-hydroxylation sites is 1. The predicted octanol–water partition coefficient (Wildman–Crippen LogP) is 2.27. The summed E-state index contributed by atoms with van der Waals surface area (Å²) >= 11 is 0. The van der Waals surface area contributed by atoms with Crippen LogP contribution in [0.25, 0.3) is 10.9 Å². The molecule has 0 bridgehead atoms. The minimum atomic E-state index is -0.677. The SMILES string of the molecule is O=C(c1cc2cccc(F)c2[nH]1)N1CCC2(CCCO2)C(=O)C1. The average molecular weight is 316 g/mol. The Hall–Kier alpha value is -2.21. The number of hydrogen-bond donors (Lipinski definition) is 1. The number of nitrogens with one attached hydrogen (secondary N) is 1. The smallest absolute Gasteiger partial charge is 0.270 e. The molecule has 23 heavy (non-hydrogen) atoms. The minimum absolute atomic E-state index is 0.0307. The fourth-order valence-corrected chi connectivity index (χ4v) is 3.54. The lowest BCUT2D eigenvalue weighted by molar-refractivity contribution is -0.144. The van der Waals surface area contributed by atoms with E-state index in [0.29, 0.717) is 36.2 Å². The van der Waals surface area contributed by atoms with Gasteiger partial charge in [0.15, 0.2) is 5.78 Å². The third-order valence-electron chi connectivity index (χ3n) is 4.85. The lowest BCUT2D eigenvalue weighted by Crippen LogP contribution is -2.53. The second kappa shape index (κ2) is 5.16. The molecule has 2 aliphatic heterocycles. The number of rotatable bonds is 1. The van der Waals surface area contributed by atoms with Crippen molar-refractivity contribution < 1.29 is 18.7 Å². The number of ether oxygens (including phenoxy) is 1. The van der Waals surface area contributed by atoms with Crippen LogP contribution < -0.4 is 0 Å². The van der Waals surface area contributed by atoms with Crippen LogP contribution in [0.3, 0.4) is 0 Å². The van der Waals surface area contributed by atoms with Crippen molar-refractivity contribution >= 4 is 22.6 Å². The van der Waals surface area contributed by atoms with E-state index < -0.39 is 11.4 Å². The van der Waals surface area contributed by atoms with Crippen molar-refractivity contribution in [2.24, 2.45) is 0 Å². The average Bonchev–Trinajstić information content (AvgIpc) is 3.18. The van der Waals surface area contributed by atoms with E-state index in [-0.39, 0.29) is 18.2 Å². The summed E-state index contributed by atoms with van der Waals surface area (Å²) in [6.07, 6.45) is 2.17. The maximum absolute atomic E-state index is 13.7. The molecule has 1 spiro atoms. The summed E-state index contributed by atoms with van der Waals surface area (Å²) in [5.74, 6) is -0.701. The minimum Gasteiger partial charge on any atom is -0.367 e. The third kappa shape index (κ3) is 2.25. The van der Waals surface area contributed by atoms with Crippen molar-refractivity contribution in [1.29, 1.82) is 0 Å². The zero-order chi connectivity index (χ0) is 16.0. The molecular weight excluding hydrogens is 299 g/mol. The van der Waals surface area contributed by atoms with Gasteiger partial charge in [-0.1, -0.05) is 12.1 Å². The number of halogens is 1. The van der Waals surface area contributed by atoms with Crippen LogP contribution in [-0.4, -0.2) is 46.9 Å². The normalized spacial score (nSPS) is 24.7. The molecule has 0 saturated carbocycles. The molecule has 2 saturated heterocycles. The number of amides is 1. The number of aromatic amines is 1. The number of aromatic nitrogens is 1. The van der Waals surface area contributed by atoms with Gasteiger partial charge in [-0.2, -0.15) is 0 Å². The van der Waals surface area contributed by atoms with E-state index in [1.807, 2.05) is 0 Å². The lowest BCUT2D eigenvalue weighted by atomic mass is 9.87. The van der Waals surface area contributed by atoms with Gasteiger partial charge in [0.25, 0.3) is 5.91 Å². The van der Waals surface area contributed by atoms with Gasteiger partial charge >= 0.3 is 0 Å². The van der Waals surface area contributed by atoms with Crippen LogP contribution in [-0.2, 0) is 9.53 Å². The van der Waals surface area contributed by atoms with Crippen molar-refractivity contribution in [3.05, 3.63) is 35.8 Å². The zero-order valence-corrected chi connectivity index (χ0v) is 12.6. The molecule has 6 heteroatoms. The third-order valence-corrected chi connectivity index (χ3v) is 4.85. The highest BCUT2D eigenvalue weighted by Crippen LogP contribution is 2.33. The van der Waals surface area contributed by atoms with E-state index in [2.05, 4.69) is 4.98 Å². The van der Waals surface area contributed by atoms with E-state index in [1.165, 1.54) is 11.0 Å². The van der Waals surface area contributed by atoms with E-state index in [9.17, 15) is 14.0 Å². The monoisotopic (exact) mass is 316 g/mol. The summed E-state index contributed by atoms with van der Waals surface area (Å²) in [6, 6.07) is 6.32. The Morgan fingerprint density at radius 1 is 1.35 bits per heavy atom. The number of nitrogens with zero attached hydrogens (tertiary/aromatic N) is 1. The molecule has 4 rings (SSSR count). The number of benzene rings is 1. The molecule has 2 aliphatic rings. The van der Waals surface area contributed by atoms with Crippen LogP contribution in [0.15, 0.2) is 24.3 Å². The largest absolute Gasteiger partial charge is 0.367 e. The van der Waals surface area contributed by atoms with Gasteiger partial charge < -0.3 is 14.6 Å². The Balaban J connectivity index is 1.57. The Bertz CT molecular complexity index is 792. The number of Topliss-reactive ketones (excluding diaryl/α,β-unsaturated/α-hetero) is 1. The highest BCUT2D eigenvalue weighted by Gasteiger charge is 2.46. The molecule has 2 aromatic rings. The van der Waals surface area contributed by atoms with Gasteiger partial charge in [-0.05, 0) is 25.0 Å². The maximum Gasteiger partial charge on any atom is 0.270 e. The summed E-state index contributed by atoms with van der Waals surface area (Å²) in [7, 11) is 0. The number of likely N-dealkylation sites (tertiary alicyclic amines) is 1. The fourth-order valence-electron chi connectivity index (χ4n) is 3.54. The Morgan fingerprint density at radius 2 is 2.22 bits per heavy atom. The number of fused-ring (bicyclic) bond motifs is 1. The summed E-state index contributed by atoms with van der Waals surface area (Å²) in [5, 5.41) is 0.646. The standard InChI is InChI=1S/C17H17FN2O3/c18-12-4-1-3-11-9-13(19-15(11)12)16(22)20-7-6-17(14(21)10-20)5-2-8-23-17/h1,3-4,9,19H,2,5-8,10H2. The van der Waals surface area contributed by atoms with Gasteiger partial charge in [0.05, 0.1) is 12.1 Å². The van der Waals surface area contributed by atoms with Crippen LogP contribution in [0.4, 0.5) is 4.39 Å². The van der Waals surface area contributed by atoms with Gasteiger partial charge in [-0.3, -0.25) is 9.59 Å². The second-order valence-electron chi connectivity index (χ2n) is 6.23. The Kier molecular flexibility index (Phi) is 3.23. The van der Waals surface area contributed by atoms with E-state index in [1.54, 1.807) is 18.2 Å². The van der Waals surface area contributed by atoms with Crippen molar-refractivity contribution in [3.8, 4) is 0 Å². The number of ketones is 1. The molecule has 0 radical (unpaired) electrons. The van der Waals surface area contributed by atoms with Crippen LogP contribution in [0.2, 0.25) is 0 Å². The summed E-state index contributed by atoms with van der Waals surface area (Å²) < 4.78 is 19.4. The van der Waals surface area contributed by atoms with E-state index in [0.717, 1.165) is 12.8 Å². The highest BCUT2D eigenvalue weighted by atomic mass is 19.1.